The average Bonchev–Trinajstić information content (AvgIpc) is 2.72. The zero-order chi connectivity index (χ0) is 20.8. The Kier molecular flexibility index (Phi) is 6.44. The van der Waals surface area contributed by atoms with Gasteiger partial charge in [0.2, 0.25) is 5.91 Å². The van der Waals surface area contributed by atoms with Crippen LogP contribution in [0.3, 0.4) is 0 Å². The monoisotopic (exact) mass is 391 g/mol. The molecule has 0 saturated heterocycles. The van der Waals surface area contributed by atoms with Crippen LogP contribution in [0.1, 0.15) is 19.4 Å². The second-order valence-electron chi connectivity index (χ2n) is 6.62. The van der Waals surface area contributed by atoms with Crippen LogP contribution in [0.5, 0.6) is 5.75 Å². The Morgan fingerprint density at radius 1 is 1.10 bits per heavy atom. The Labute approximate surface area is 170 Å². The van der Waals surface area contributed by atoms with Crippen molar-refractivity contribution in [2.24, 2.45) is 0 Å². The standard InChI is InChI=1S/C23H25N3O3/c1-4-26(21-9-7-6-8-17(21)3)23(28)15-25-16-24-20(14-22(25)27)18-10-12-19(13-11-18)29-5-2/h6-14,16H,4-5,15H2,1-3H3. The minimum Gasteiger partial charge on any atom is -0.494 e. The molecule has 0 saturated carbocycles. The van der Waals surface area contributed by atoms with E-state index in [1.807, 2.05) is 69.3 Å². The van der Waals surface area contributed by atoms with Crippen molar-refractivity contribution in [2.75, 3.05) is 18.1 Å². The van der Waals surface area contributed by atoms with Gasteiger partial charge in [0.25, 0.3) is 5.56 Å². The third-order valence-electron chi connectivity index (χ3n) is 4.67. The van der Waals surface area contributed by atoms with Gasteiger partial charge in [0, 0.05) is 23.9 Å². The lowest BCUT2D eigenvalue weighted by Crippen LogP contribution is -2.36. The largest absolute Gasteiger partial charge is 0.494 e. The lowest BCUT2D eigenvalue weighted by Gasteiger charge is -2.23. The molecule has 2 aromatic carbocycles. The Morgan fingerprint density at radius 3 is 2.45 bits per heavy atom. The third-order valence-corrected chi connectivity index (χ3v) is 4.67. The van der Waals surface area contributed by atoms with Crippen LogP contribution in [-0.2, 0) is 11.3 Å². The molecular weight excluding hydrogens is 366 g/mol. The normalized spacial score (nSPS) is 10.6. The first-order chi connectivity index (χ1) is 14.0. The van der Waals surface area contributed by atoms with Gasteiger partial charge in [-0.05, 0) is 56.7 Å². The van der Waals surface area contributed by atoms with E-state index in [1.54, 1.807) is 4.90 Å². The van der Waals surface area contributed by atoms with Gasteiger partial charge in [0.1, 0.15) is 12.3 Å². The molecule has 0 bridgehead atoms. The molecule has 1 amide bonds. The quantitative estimate of drug-likeness (QED) is 0.616. The summed E-state index contributed by atoms with van der Waals surface area (Å²) in [4.78, 5) is 31.4. The van der Waals surface area contributed by atoms with Gasteiger partial charge < -0.3 is 9.64 Å². The number of benzene rings is 2. The predicted octanol–water partition coefficient (Wildman–Crippen LogP) is 3.67. The Morgan fingerprint density at radius 2 is 1.83 bits per heavy atom. The second kappa shape index (κ2) is 9.19. The highest BCUT2D eigenvalue weighted by molar-refractivity contribution is 5.93. The number of para-hydroxylation sites is 1. The first kappa shape index (κ1) is 20.3. The topological polar surface area (TPSA) is 64.4 Å². The van der Waals surface area contributed by atoms with Gasteiger partial charge in [-0.3, -0.25) is 14.2 Å². The number of rotatable bonds is 7. The van der Waals surface area contributed by atoms with E-state index in [1.165, 1.54) is 17.0 Å². The summed E-state index contributed by atoms with van der Waals surface area (Å²) in [6.45, 7) is 6.87. The van der Waals surface area contributed by atoms with E-state index >= 15 is 0 Å². The van der Waals surface area contributed by atoms with Crippen molar-refractivity contribution in [3.63, 3.8) is 0 Å². The molecule has 0 atom stereocenters. The fourth-order valence-corrected chi connectivity index (χ4v) is 3.17. The molecule has 29 heavy (non-hydrogen) atoms. The molecule has 0 aliphatic carbocycles. The summed E-state index contributed by atoms with van der Waals surface area (Å²) >= 11 is 0. The van der Waals surface area contributed by atoms with Crippen LogP contribution in [0.15, 0.2) is 65.7 Å². The van der Waals surface area contributed by atoms with Crippen LogP contribution in [0.2, 0.25) is 0 Å². The molecule has 6 nitrogen and oxygen atoms in total. The van der Waals surface area contributed by atoms with E-state index < -0.39 is 0 Å². The van der Waals surface area contributed by atoms with Gasteiger partial charge in [-0.1, -0.05) is 18.2 Å². The summed E-state index contributed by atoms with van der Waals surface area (Å²) in [5, 5.41) is 0. The summed E-state index contributed by atoms with van der Waals surface area (Å²) in [6.07, 6.45) is 1.43. The molecule has 1 heterocycles. The van der Waals surface area contributed by atoms with Crippen molar-refractivity contribution in [3.05, 3.63) is 76.8 Å². The van der Waals surface area contributed by atoms with Crippen molar-refractivity contribution >= 4 is 11.6 Å². The molecule has 0 spiro atoms. The molecule has 0 aliphatic rings. The minimum absolute atomic E-state index is 0.0580. The zero-order valence-corrected chi connectivity index (χ0v) is 17.0. The van der Waals surface area contributed by atoms with Crippen molar-refractivity contribution in [2.45, 2.75) is 27.3 Å². The summed E-state index contributed by atoms with van der Waals surface area (Å²) in [6, 6.07) is 16.6. The Bertz CT molecular complexity index is 1040. The number of hydrogen-bond donors (Lipinski definition) is 0. The Balaban J connectivity index is 1.79. The second-order valence-corrected chi connectivity index (χ2v) is 6.62. The number of aromatic nitrogens is 2. The van der Waals surface area contributed by atoms with E-state index in [0.29, 0.717) is 18.8 Å². The van der Waals surface area contributed by atoms with Gasteiger partial charge in [-0.25, -0.2) is 4.98 Å². The smallest absolute Gasteiger partial charge is 0.254 e. The maximum Gasteiger partial charge on any atom is 0.254 e. The maximum atomic E-state index is 12.8. The highest BCUT2D eigenvalue weighted by Crippen LogP contribution is 2.21. The molecule has 0 unspecified atom stereocenters. The van der Waals surface area contributed by atoms with Crippen molar-refractivity contribution < 1.29 is 9.53 Å². The van der Waals surface area contributed by atoms with Crippen molar-refractivity contribution in [1.29, 1.82) is 0 Å². The highest BCUT2D eigenvalue weighted by Gasteiger charge is 2.17. The van der Waals surface area contributed by atoms with Crippen molar-refractivity contribution in [3.8, 4) is 17.0 Å². The van der Waals surface area contributed by atoms with Gasteiger partial charge in [-0.15, -0.1) is 0 Å². The SMILES string of the molecule is CCOc1ccc(-c2cc(=O)n(CC(=O)N(CC)c3ccccc3C)cn2)cc1. The first-order valence-corrected chi connectivity index (χ1v) is 9.69. The highest BCUT2D eigenvalue weighted by atomic mass is 16.5. The number of carbonyl (C=O) groups is 1. The molecule has 150 valence electrons. The number of ether oxygens (including phenoxy) is 1. The van der Waals surface area contributed by atoms with Crippen LogP contribution >= 0.6 is 0 Å². The number of carbonyl (C=O) groups excluding carboxylic acids is 1. The molecule has 3 rings (SSSR count). The van der Waals surface area contributed by atoms with Gasteiger partial charge in [-0.2, -0.15) is 0 Å². The average molecular weight is 391 g/mol. The van der Waals surface area contributed by atoms with E-state index in [2.05, 4.69) is 4.98 Å². The number of anilines is 1. The van der Waals surface area contributed by atoms with Crippen molar-refractivity contribution in [1.82, 2.24) is 9.55 Å². The lowest BCUT2D eigenvalue weighted by molar-refractivity contribution is -0.119. The predicted molar refractivity (Wildman–Crippen MR) is 114 cm³/mol. The van der Waals surface area contributed by atoms with Crippen LogP contribution in [-0.4, -0.2) is 28.6 Å². The fourth-order valence-electron chi connectivity index (χ4n) is 3.17. The van der Waals surface area contributed by atoms with E-state index in [-0.39, 0.29) is 18.0 Å². The van der Waals surface area contributed by atoms with Gasteiger partial charge in [0.15, 0.2) is 0 Å². The number of nitrogens with zero attached hydrogens (tertiary/aromatic N) is 3. The van der Waals surface area contributed by atoms with E-state index in [4.69, 9.17) is 4.74 Å². The molecule has 6 heteroatoms. The fraction of sp³-hybridized carbons (Fsp3) is 0.261. The van der Waals surface area contributed by atoms with E-state index in [0.717, 1.165) is 22.6 Å². The number of hydrogen-bond acceptors (Lipinski definition) is 4. The number of aryl methyl sites for hydroxylation is 1. The number of amides is 1. The van der Waals surface area contributed by atoms with Crippen LogP contribution in [0.4, 0.5) is 5.69 Å². The van der Waals surface area contributed by atoms with E-state index in [9.17, 15) is 9.59 Å². The lowest BCUT2D eigenvalue weighted by atomic mass is 10.1. The van der Waals surface area contributed by atoms with Gasteiger partial charge >= 0.3 is 0 Å². The maximum absolute atomic E-state index is 12.8. The first-order valence-electron chi connectivity index (χ1n) is 9.69. The molecule has 0 radical (unpaired) electrons. The van der Waals surface area contributed by atoms with Crippen LogP contribution < -0.4 is 15.2 Å². The minimum atomic E-state index is -0.266. The zero-order valence-electron chi connectivity index (χ0n) is 17.0. The number of likely N-dealkylation sites (N-methyl/N-ethyl adjacent to an activating group) is 1. The third kappa shape index (κ3) is 4.71. The molecule has 3 aromatic rings. The molecule has 0 N–H and O–H groups in total. The molecule has 0 fully saturated rings. The summed E-state index contributed by atoms with van der Waals surface area (Å²) in [7, 11) is 0. The Hall–Kier alpha value is -3.41. The summed E-state index contributed by atoms with van der Waals surface area (Å²) in [5.41, 5.74) is 2.98. The molecular formula is C23H25N3O3. The summed E-state index contributed by atoms with van der Waals surface area (Å²) in [5.74, 6) is 0.616. The van der Waals surface area contributed by atoms with Crippen LogP contribution in [0, 0.1) is 6.92 Å². The van der Waals surface area contributed by atoms with Gasteiger partial charge in [0.05, 0.1) is 18.6 Å². The molecule has 1 aromatic heterocycles. The molecule has 0 aliphatic heterocycles. The van der Waals surface area contributed by atoms with Crippen LogP contribution in [0.25, 0.3) is 11.3 Å². The summed E-state index contributed by atoms with van der Waals surface area (Å²) < 4.78 is 6.77.